The van der Waals surface area contributed by atoms with Crippen LogP contribution in [0.3, 0.4) is 0 Å². The molecular weight excluding hydrogens is 274 g/mol. The molecule has 0 saturated carbocycles. The third-order valence-electron chi connectivity index (χ3n) is 2.90. The van der Waals surface area contributed by atoms with Gasteiger partial charge in [-0.25, -0.2) is 4.98 Å². The second-order valence-electron chi connectivity index (χ2n) is 6.02. The maximum absolute atomic E-state index is 6.32. The van der Waals surface area contributed by atoms with Gasteiger partial charge in [0.2, 0.25) is 0 Å². The molecular formula is C15H26ClN3O. The zero-order valence-electron chi connectivity index (χ0n) is 13.2. The molecule has 0 aliphatic rings. The van der Waals surface area contributed by atoms with E-state index in [0.29, 0.717) is 5.02 Å². The fraction of sp³-hybridized carbons (Fsp3) is 0.667. The van der Waals surface area contributed by atoms with E-state index < -0.39 is 0 Å². The van der Waals surface area contributed by atoms with Crippen LogP contribution in [0.4, 0.5) is 5.82 Å². The highest BCUT2D eigenvalue weighted by atomic mass is 35.5. The molecule has 0 radical (unpaired) electrons. The maximum atomic E-state index is 6.32. The largest absolute Gasteiger partial charge is 0.385 e. The number of aromatic nitrogens is 1. The number of hydrogen-bond acceptors (Lipinski definition) is 4. The zero-order chi connectivity index (χ0) is 15.2. The van der Waals surface area contributed by atoms with E-state index in [4.69, 9.17) is 16.3 Å². The van der Waals surface area contributed by atoms with Gasteiger partial charge < -0.3 is 15.0 Å². The summed E-state index contributed by atoms with van der Waals surface area (Å²) in [5, 5.41) is 4.12. The Bertz CT molecular complexity index is 418. The minimum absolute atomic E-state index is 0.0854. The number of halogens is 1. The van der Waals surface area contributed by atoms with Gasteiger partial charge in [-0.1, -0.05) is 11.6 Å². The summed E-state index contributed by atoms with van der Waals surface area (Å²) < 4.78 is 5.05. The van der Waals surface area contributed by atoms with Gasteiger partial charge in [-0.2, -0.15) is 0 Å². The lowest BCUT2D eigenvalue weighted by molar-refractivity contribution is 0.196. The van der Waals surface area contributed by atoms with Gasteiger partial charge in [0.1, 0.15) is 5.82 Å². The van der Waals surface area contributed by atoms with Gasteiger partial charge in [0, 0.05) is 45.6 Å². The van der Waals surface area contributed by atoms with Crippen molar-refractivity contribution in [2.75, 3.05) is 32.2 Å². The van der Waals surface area contributed by atoms with Crippen LogP contribution in [0, 0.1) is 0 Å². The smallest absolute Gasteiger partial charge is 0.147 e. The molecule has 0 bridgehead atoms. The van der Waals surface area contributed by atoms with Crippen molar-refractivity contribution in [2.24, 2.45) is 0 Å². The molecule has 1 heterocycles. The van der Waals surface area contributed by atoms with Crippen LogP contribution in [0.1, 0.15) is 32.8 Å². The molecule has 1 aromatic rings. The highest BCUT2D eigenvalue weighted by Gasteiger charge is 2.11. The molecule has 0 aliphatic heterocycles. The molecule has 0 spiro atoms. The molecule has 1 N–H and O–H groups in total. The number of pyridine rings is 1. The molecule has 0 aliphatic carbocycles. The lowest BCUT2D eigenvalue weighted by Crippen LogP contribution is -2.35. The first-order chi connectivity index (χ1) is 9.33. The van der Waals surface area contributed by atoms with Crippen molar-refractivity contribution in [3.8, 4) is 0 Å². The number of ether oxygens (including phenoxy) is 1. The Morgan fingerprint density at radius 3 is 2.65 bits per heavy atom. The Labute approximate surface area is 127 Å². The fourth-order valence-electron chi connectivity index (χ4n) is 1.77. The summed E-state index contributed by atoms with van der Waals surface area (Å²) in [6.45, 7) is 8.81. The van der Waals surface area contributed by atoms with Crippen molar-refractivity contribution in [1.82, 2.24) is 10.3 Å². The SMILES string of the molecule is COCCCN(C)c1ncc(CNC(C)(C)C)cc1Cl. The summed E-state index contributed by atoms with van der Waals surface area (Å²) in [5.74, 6) is 0.822. The van der Waals surface area contributed by atoms with E-state index in [9.17, 15) is 0 Å². The summed E-state index contributed by atoms with van der Waals surface area (Å²) in [5.41, 5.74) is 1.18. The second kappa shape index (κ2) is 7.81. The normalized spacial score (nSPS) is 11.7. The Balaban J connectivity index is 2.63. The van der Waals surface area contributed by atoms with Crippen LogP contribution in [0.5, 0.6) is 0 Å². The van der Waals surface area contributed by atoms with Crippen LogP contribution in [-0.2, 0) is 11.3 Å². The zero-order valence-corrected chi connectivity index (χ0v) is 13.9. The molecule has 1 rings (SSSR count). The van der Waals surface area contributed by atoms with Gasteiger partial charge in [0.05, 0.1) is 5.02 Å². The van der Waals surface area contributed by atoms with Crippen molar-refractivity contribution in [3.05, 3.63) is 22.8 Å². The Hall–Kier alpha value is -0.840. The molecule has 114 valence electrons. The number of rotatable bonds is 7. The minimum Gasteiger partial charge on any atom is -0.385 e. The summed E-state index contributed by atoms with van der Waals surface area (Å²) >= 11 is 6.32. The van der Waals surface area contributed by atoms with Crippen molar-refractivity contribution >= 4 is 17.4 Å². The van der Waals surface area contributed by atoms with Crippen molar-refractivity contribution in [1.29, 1.82) is 0 Å². The van der Waals surface area contributed by atoms with Crippen LogP contribution in [0.25, 0.3) is 0 Å². The van der Waals surface area contributed by atoms with E-state index in [1.54, 1.807) is 7.11 Å². The predicted molar refractivity (Wildman–Crippen MR) is 85.6 cm³/mol. The third kappa shape index (κ3) is 6.07. The van der Waals surface area contributed by atoms with E-state index in [0.717, 1.165) is 37.5 Å². The molecule has 0 unspecified atom stereocenters. The number of nitrogens with one attached hydrogen (secondary N) is 1. The van der Waals surface area contributed by atoms with Gasteiger partial charge in [0.25, 0.3) is 0 Å². The first kappa shape index (κ1) is 17.2. The summed E-state index contributed by atoms with van der Waals surface area (Å²) in [6.07, 6.45) is 2.84. The molecule has 1 aromatic heterocycles. The summed E-state index contributed by atoms with van der Waals surface area (Å²) in [6, 6.07) is 1.98. The average molecular weight is 300 g/mol. The Morgan fingerprint density at radius 2 is 2.10 bits per heavy atom. The lowest BCUT2D eigenvalue weighted by atomic mass is 10.1. The van der Waals surface area contributed by atoms with Crippen LogP contribution < -0.4 is 10.2 Å². The first-order valence-corrected chi connectivity index (χ1v) is 7.31. The molecule has 5 heteroatoms. The number of anilines is 1. The quantitative estimate of drug-likeness (QED) is 0.785. The standard InChI is InChI=1S/C15H26ClN3O/c1-15(2,3)18-11-12-9-13(16)14(17-10-12)19(4)7-6-8-20-5/h9-10,18H,6-8,11H2,1-5H3. The van der Waals surface area contributed by atoms with Crippen molar-refractivity contribution < 1.29 is 4.74 Å². The number of methoxy groups -OCH3 is 1. The molecule has 4 nitrogen and oxygen atoms in total. The van der Waals surface area contributed by atoms with Crippen LogP contribution >= 0.6 is 11.6 Å². The van der Waals surface area contributed by atoms with E-state index in [-0.39, 0.29) is 5.54 Å². The van der Waals surface area contributed by atoms with Crippen molar-refractivity contribution in [2.45, 2.75) is 39.3 Å². The van der Waals surface area contributed by atoms with E-state index >= 15 is 0 Å². The van der Waals surface area contributed by atoms with E-state index in [2.05, 4.69) is 36.0 Å². The molecule has 20 heavy (non-hydrogen) atoms. The van der Waals surface area contributed by atoms with Crippen LogP contribution in [0.15, 0.2) is 12.3 Å². The molecule has 0 saturated heterocycles. The minimum atomic E-state index is 0.0854. The highest BCUT2D eigenvalue weighted by molar-refractivity contribution is 6.33. The van der Waals surface area contributed by atoms with E-state index in [1.165, 1.54) is 0 Å². The molecule has 0 amide bonds. The number of hydrogen-bond donors (Lipinski definition) is 1. The van der Waals surface area contributed by atoms with E-state index in [1.807, 2.05) is 19.3 Å². The fourth-order valence-corrected chi connectivity index (χ4v) is 2.10. The van der Waals surface area contributed by atoms with Gasteiger partial charge in [0.15, 0.2) is 0 Å². The summed E-state index contributed by atoms with van der Waals surface area (Å²) in [4.78, 5) is 6.53. The topological polar surface area (TPSA) is 37.4 Å². The summed E-state index contributed by atoms with van der Waals surface area (Å²) in [7, 11) is 3.71. The predicted octanol–water partition coefficient (Wildman–Crippen LogP) is 3.10. The Morgan fingerprint density at radius 1 is 1.40 bits per heavy atom. The van der Waals surface area contributed by atoms with Crippen LogP contribution in [-0.4, -0.2) is 37.8 Å². The first-order valence-electron chi connectivity index (χ1n) is 6.93. The molecule has 0 aromatic carbocycles. The monoisotopic (exact) mass is 299 g/mol. The maximum Gasteiger partial charge on any atom is 0.147 e. The lowest BCUT2D eigenvalue weighted by Gasteiger charge is -2.22. The molecule has 0 atom stereocenters. The number of nitrogens with zero attached hydrogens (tertiary/aromatic N) is 2. The Kier molecular flexibility index (Phi) is 6.72. The van der Waals surface area contributed by atoms with Gasteiger partial charge in [-0.3, -0.25) is 0 Å². The average Bonchev–Trinajstić information content (AvgIpc) is 2.35. The van der Waals surface area contributed by atoms with Gasteiger partial charge in [-0.15, -0.1) is 0 Å². The highest BCUT2D eigenvalue weighted by Crippen LogP contribution is 2.23. The molecule has 0 fully saturated rings. The van der Waals surface area contributed by atoms with Gasteiger partial charge in [-0.05, 0) is 38.8 Å². The van der Waals surface area contributed by atoms with Crippen LogP contribution in [0.2, 0.25) is 5.02 Å². The second-order valence-corrected chi connectivity index (χ2v) is 6.43. The van der Waals surface area contributed by atoms with Crippen molar-refractivity contribution in [3.63, 3.8) is 0 Å². The van der Waals surface area contributed by atoms with Gasteiger partial charge >= 0.3 is 0 Å². The third-order valence-corrected chi connectivity index (χ3v) is 3.18.